The van der Waals surface area contributed by atoms with Crippen molar-refractivity contribution in [3.63, 3.8) is 0 Å². The third-order valence-corrected chi connectivity index (χ3v) is 2.41. The predicted octanol–water partition coefficient (Wildman–Crippen LogP) is 2.45. The van der Waals surface area contributed by atoms with Crippen LogP contribution in [-0.2, 0) is 0 Å². The van der Waals surface area contributed by atoms with Crippen molar-refractivity contribution in [2.24, 2.45) is 15.5 Å². The molecule has 6 heteroatoms. The molecule has 0 aliphatic heterocycles. The van der Waals surface area contributed by atoms with E-state index in [9.17, 15) is 0 Å². The predicted molar refractivity (Wildman–Crippen MR) is 86.8 cm³/mol. The molecule has 2 heterocycles. The highest BCUT2D eigenvalue weighted by atomic mass is 31.0. The topological polar surface area (TPSA) is 76.5 Å². The largest absolute Gasteiger partial charge is 0.382 e. The number of hydrogen-bond donors (Lipinski definition) is 1. The lowest BCUT2D eigenvalue weighted by molar-refractivity contribution is 1.26. The van der Waals surface area contributed by atoms with Crippen LogP contribution < -0.4 is 5.73 Å². The van der Waals surface area contributed by atoms with E-state index in [1.807, 2.05) is 44.2 Å². The van der Waals surface area contributed by atoms with Gasteiger partial charge in [-0.3, -0.25) is 9.97 Å². The Labute approximate surface area is 121 Å². The summed E-state index contributed by atoms with van der Waals surface area (Å²) in [6.07, 6.45) is 3.34. The molecule has 0 aromatic carbocycles. The third-order valence-electron chi connectivity index (χ3n) is 2.17. The number of rotatable bonds is 2. The van der Waals surface area contributed by atoms with Gasteiger partial charge in [0.2, 0.25) is 0 Å². The van der Waals surface area contributed by atoms with Crippen LogP contribution in [0.15, 0.2) is 58.5 Å². The molecule has 0 aliphatic carbocycles. The van der Waals surface area contributed by atoms with E-state index in [4.69, 9.17) is 5.73 Å². The Bertz CT molecular complexity index is 567. The first-order valence-electron chi connectivity index (χ1n) is 6.26. The number of aliphatic imine (C=N–C) groups is 1. The second kappa shape index (κ2) is 8.88. The van der Waals surface area contributed by atoms with Crippen molar-refractivity contribution < 1.29 is 0 Å². The first-order chi connectivity index (χ1) is 9.81. The SMILES string of the molecule is CC.NC(=N/C(=N\P)c1ccccn1)c1ccccn1. The van der Waals surface area contributed by atoms with Gasteiger partial charge in [0.05, 0.1) is 0 Å². The summed E-state index contributed by atoms with van der Waals surface area (Å²) < 4.78 is 4.00. The number of aromatic nitrogens is 2. The number of nitrogens with two attached hydrogens (primary N) is 1. The Kier molecular flexibility index (Phi) is 7.07. The highest BCUT2D eigenvalue weighted by molar-refractivity contribution is 7.15. The van der Waals surface area contributed by atoms with Gasteiger partial charge in [0.1, 0.15) is 11.4 Å². The molecule has 2 aromatic heterocycles. The minimum absolute atomic E-state index is 0.308. The zero-order chi connectivity index (χ0) is 14.8. The molecule has 0 bridgehead atoms. The van der Waals surface area contributed by atoms with Crippen molar-refractivity contribution in [1.29, 1.82) is 0 Å². The highest BCUT2D eigenvalue weighted by Gasteiger charge is 2.05. The molecule has 0 spiro atoms. The van der Waals surface area contributed by atoms with Gasteiger partial charge in [-0.25, -0.2) is 9.76 Å². The number of pyridine rings is 2. The molecule has 0 amide bonds. The smallest absolute Gasteiger partial charge is 0.178 e. The van der Waals surface area contributed by atoms with Crippen LogP contribution in [0.3, 0.4) is 0 Å². The van der Waals surface area contributed by atoms with Gasteiger partial charge in [-0.15, -0.1) is 0 Å². The molecular weight excluding hydrogens is 269 g/mol. The van der Waals surface area contributed by atoms with Crippen LogP contribution in [0.25, 0.3) is 0 Å². The van der Waals surface area contributed by atoms with E-state index in [1.165, 1.54) is 0 Å². The molecular formula is C14H18N5P. The average molecular weight is 287 g/mol. The molecule has 2 N–H and O–H groups in total. The Morgan fingerprint density at radius 1 is 1.00 bits per heavy atom. The number of amidine groups is 2. The Balaban J connectivity index is 0.000000956. The lowest BCUT2D eigenvalue weighted by atomic mass is 10.3. The molecule has 2 rings (SSSR count). The van der Waals surface area contributed by atoms with Gasteiger partial charge in [0.25, 0.3) is 0 Å². The standard InChI is InChI=1S/C12H12N5P.C2H6/c13-11(9-5-1-3-7-14-9)16-12(17-18)10-6-2-4-8-15-10;1-2/h1-8H,18H2,(H2,13,16,17);1-2H3. The molecule has 0 radical (unpaired) electrons. The molecule has 20 heavy (non-hydrogen) atoms. The van der Waals surface area contributed by atoms with Crippen LogP contribution in [-0.4, -0.2) is 21.6 Å². The molecule has 104 valence electrons. The summed E-state index contributed by atoms with van der Waals surface area (Å²) in [6.45, 7) is 4.00. The van der Waals surface area contributed by atoms with Crippen molar-refractivity contribution in [2.45, 2.75) is 13.8 Å². The minimum atomic E-state index is 0.308. The van der Waals surface area contributed by atoms with E-state index in [2.05, 4.69) is 29.1 Å². The molecule has 2 aromatic rings. The lowest BCUT2D eigenvalue weighted by Gasteiger charge is -2.02. The Morgan fingerprint density at radius 3 is 2.00 bits per heavy atom. The van der Waals surface area contributed by atoms with Crippen LogP contribution in [0.2, 0.25) is 0 Å². The summed E-state index contributed by atoms with van der Waals surface area (Å²) in [7, 11) is 2.26. The summed E-state index contributed by atoms with van der Waals surface area (Å²) in [5, 5.41) is 0. The lowest BCUT2D eigenvalue weighted by Crippen LogP contribution is -2.17. The van der Waals surface area contributed by atoms with Gasteiger partial charge in [-0.2, -0.15) is 0 Å². The quantitative estimate of drug-likeness (QED) is 0.523. The summed E-state index contributed by atoms with van der Waals surface area (Å²) >= 11 is 0. The van der Waals surface area contributed by atoms with Crippen LogP contribution in [0, 0.1) is 0 Å². The van der Waals surface area contributed by atoms with Crippen LogP contribution in [0.5, 0.6) is 0 Å². The van der Waals surface area contributed by atoms with Gasteiger partial charge >= 0.3 is 0 Å². The maximum atomic E-state index is 5.88. The zero-order valence-corrected chi connectivity index (χ0v) is 12.7. The Hall–Kier alpha value is -2.13. The molecule has 1 unspecified atom stereocenters. The van der Waals surface area contributed by atoms with E-state index in [1.54, 1.807) is 18.5 Å². The van der Waals surface area contributed by atoms with Crippen molar-refractivity contribution in [3.8, 4) is 0 Å². The second-order valence-electron chi connectivity index (χ2n) is 3.38. The fourth-order valence-corrected chi connectivity index (χ4v) is 1.52. The van der Waals surface area contributed by atoms with Crippen molar-refractivity contribution in [1.82, 2.24) is 9.97 Å². The maximum Gasteiger partial charge on any atom is 0.178 e. The van der Waals surface area contributed by atoms with E-state index < -0.39 is 0 Å². The molecule has 5 nitrogen and oxygen atoms in total. The fourth-order valence-electron chi connectivity index (χ4n) is 1.33. The van der Waals surface area contributed by atoms with E-state index in [0.29, 0.717) is 23.1 Å². The normalized spacial score (nSPS) is 11.6. The van der Waals surface area contributed by atoms with E-state index in [-0.39, 0.29) is 0 Å². The van der Waals surface area contributed by atoms with Crippen LogP contribution in [0.4, 0.5) is 0 Å². The van der Waals surface area contributed by atoms with E-state index in [0.717, 1.165) is 0 Å². The van der Waals surface area contributed by atoms with Gasteiger partial charge < -0.3 is 5.73 Å². The third kappa shape index (κ3) is 4.52. The van der Waals surface area contributed by atoms with Gasteiger partial charge in [0.15, 0.2) is 11.7 Å². The van der Waals surface area contributed by atoms with Crippen LogP contribution >= 0.6 is 9.39 Å². The minimum Gasteiger partial charge on any atom is -0.382 e. The number of hydrogen-bond acceptors (Lipinski definition) is 3. The number of nitrogens with zero attached hydrogens (tertiary/aromatic N) is 4. The average Bonchev–Trinajstić information content (AvgIpc) is 2.56. The summed E-state index contributed by atoms with van der Waals surface area (Å²) in [6, 6.07) is 11.0. The summed E-state index contributed by atoms with van der Waals surface area (Å²) in [5.41, 5.74) is 7.15. The van der Waals surface area contributed by atoms with Gasteiger partial charge in [0, 0.05) is 12.4 Å². The second-order valence-corrected chi connectivity index (χ2v) is 3.64. The molecule has 0 fully saturated rings. The van der Waals surface area contributed by atoms with Gasteiger partial charge in [-0.05, 0) is 33.7 Å². The molecule has 0 saturated heterocycles. The first-order valence-corrected chi connectivity index (χ1v) is 6.78. The van der Waals surface area contributed by atoms with Gasteiger partial charge in [-0.1, -0.05) is 26.0 Å². The van der Waals surface area contributed by atoms with Crippen molar-refractivity contribution >= 4 is 21.1 Å². The van der Waals surface area contributed by atoms with Crippen LogP contribution in [0.1, 0.15) is 25.2 Å². The first kappa shape index (κ1) is 15.9. The van der Waals surface area contributed by atoms with E-state index >= 15 is 0 Å². The fraction of sp³-hybridized carbons (Fsp3) is 0.143. The highest BCUT2D eigenvalue weighted by Crippen LogP contribution is 2.03. The monoisotopic (exact) mass is 287 g/mol. The van der Waals surface area contributed by atoms with Crippen molar-refractivity contribution in [3.05, 3.63) is 60.2 Å². The molecule has 0 saturated carbocycles. The molecule has 1 atom stereocenters. The Morgan fingerprint density at radius 2 is 1.55 bits per heavy atom. The summed E-state index contributed by atoms with van der Waals surface area (Å²) in [4.78, 5) is 12.5. The molecule has 0 aliphatic rings. The summed E-state index contributed by atoms with van der Waals surface area (Å²) in [5.74, 6) is 0.756. The van der Waals surface area contributed by atoms with Crippen molar-refractivity contribution in [2.75, 3.05) is 0 Å². The maximum absolute atomic E-state index is 5.88. The zero-order valence-electron chi connectivity index (χ0n) is 11.6.